The number of nitrogens with zero attached hydrogens (tertiary/aromatic N) is 2. The number of amidine groups is 1. The van der Waals surface area contributed by atoms with Gasteiger partial charge in [-0.3, -0.25) is 9.69 Å². The fourth-order valence-corrected chi connectivity index (χ4v) is 3.93. The van der Waals surface area contributed by atoms with E-state index < -0.39 is 0 Å². The predicted molar refractivity (Wildman–Crippen MR) is 123 cm³/mol. The van der Waals surface area contributed by atoms with Gasteiger partial charge in [-0.1, -0.05) is 68.3 Å². The van der Waals surface area contributed by atoms with Crippen LogP contribution in [-0.2, 0) is 4.79 Å². The molecule has 0 aromatic heterocycles. The summed E-state index contributed by atoms with van der Waals surface area (Å²) in [5, 5.41) is 0. The van der Waals surface area contributed by atoms with Crippen molar-refractivity contribution in [1.29, 1.82) is 0 Å². The number of halogens is 2. The highest BCUT2D eigenvalue weighted by Crippen LogP contribution is 2.32. The van der Waals surface area contributed by atoms with Crippen LogP contribution in [0.4, 0.5) is 5.69 Å². The molecule has 0 saturated carbocycles. The minimum atomic E-state index is -0.184. The quantitative estimate of drug-likeness (QED) is 0.400. The average molecular weight is 512 g/mol. The molecular weight excluding hydrogens is 496 g/mol. The van der Waals surface area contributed by atoms with Gasteiger partial charge in [0, 0.05) is 14.5 Å². The van der Waals surface area contributed by atoms with Crippen molar-refractivity contribution in [2.45, 2.75) is 0 Å². The second-order valence-electron chi connectivity index (χ2n) is 6.34. The highest BCUT2D eigenvalue weighted by atomic mass is 79.9. The molecular formula is C23H16Br2N2O2. The number of anilines is 1. The molecule has 0 spiro atoms. The van der Waals surface area contributed by atoms with Gasteiger partial charge < -0.3 is 4.74 Å². The average Bonchev–Trinajstić information content (AvgIpc) is 3.04. The first-order chi connectivity index (χ1) is 14.1. The summed E-state index contributed by atoms with van der Waals surface area (Å²) in [7, 11) is 1.62. The molecule has 0 saturated heterocycles. The first-order valence-electron chi connectivity index (χ1n) is 8.86. The monoisotopic (exact) mass is 510 g/mol. The van der Waals surface area contributed by atoms with Crippen molar-refractivity contribution in [1.82, 2.24) is 0 Å². The number of carbonyl (C=O) groups excluding carboxylic acids is 1. The number of carbonyl (C=O) groups is 1. The number of amides is 1. The molecule has 0 unspecified atom stereocenters. The summed E-state index contributed by atoms with van der Waals surface area (Å²) in [6.07, 6.45) is 1.78. The standard InChI is InChI=1S/C23H16Br2N2O2/c1-29-18-9-4-6-15(12-18)13-21-23(28)27(17-8-5-7-16(24)14-17)22(26-21)19-10-2-3-11-20(19)25/h2-14H,1H3/b21-13+. The van der Waals surface area contributed by atoms with Crippen LogP contribution in [0.25, 0.3) is 6.08 Å². The third-order valence-corrected chi connectivity index (χ3v) is 5.62. The molecule has 0 aliphatic carbocycles. The first-order valence-corrected chi connectivity index (χ1v) is 10.4. The Balaban J connectivity index is 1.85. The topological polar surface area (TPSA) is 41.9 Å². The van der Waals surface area contributed by atoms with E-state index in [4.69, 9.17) is 9.73 Å². The zero-order valence-electron chi connectivity index (χ0n) is 15.5. The number of rotatable bonds is 4. The third kappa shape index (κ3) is 4.04. The Morgan fingerprint density at radius 2 is 1.76 bits per heavy atom. The van der Waals surface area contributed by atoms with E-state index in [1.165, 1.54) is 0 Å². The van der Waals surface area contributed by atoms with E-state index in [-0.39, 0.29) is 5.91 Å². The van der Waals surface area contributed by atoms with E-state index in [0.717, 1.165) is 31.5 Å². The van der Waals surface area contributed by atoms with E-state index in [1.807, 2.05) is 72.8 Å². The highest BCUT2D eigenvalue weighted by molar-refractivity contribution is 9.10. The smallest absolute Gasteiger partial charge is 0.282 e. The molecule has 1 heterocycles. The Hall–Kier alpha value is -2.70. The van der Waals surface area contributed by atoms with Gasteiger partial charge in [0.05, 0.1) is 12.8 Å². The summed E-state index contributed by atoms with van der Waals surface area (Å²) in [4.78, 5) is 19.7. The Bertz CT molecular complexity index is 1150. The molecule has 29 heavy (non-hydrogen) atoms. The Kier molecular flexibility index (Phi) is 5.65. The van der Waals surface area contributed by atoms with Gasteiger partial charge in [0.2, 0.25) is 0 Å². The molecule has 144 valence electrons. The second kappa shape index (κ2) is 8.35. The van der Waals surface area contributed by atoms with Crippen molar-refractivity contribution in [3.05, 3.63) is 98.6 Å². The van der Waals surface area contributed by atoms with E-state index in [2.05, 4.69) is 31.9 Å². The van der Waals surface area contributed by atoms with Gasteiger partial charge >= 0.3 is 0 Å². The molecule has 3 aromatic rings. The van der Waals surface area contributed by atoms with Crippen LogP contribution < -0.4 is 9.64 Å². The Labute approximate surface area is 185 Å². The summed E-state index contributed by atoms with van der Waals surface area (Å²) in [5.41, 5.74) is 2.80. The molecule has 1 aliphatic rings. The van der Waals surface area contributed by atoms with Crippen molar-refractivity contribution in [3.63, 3.8) is 0 Å². The maximum Gasteiger partial charge on any atom is 0.282 e. The molecule has 0 radical (unpaired) electrons. The zero-order valence-corrected chi connectivity index (χ0v) is 18.6. The lowest BCUT2D eigenvalue weighted by molar-refractivity contribution is -0.113. The summed E-state index contributed by atoms with van der Waals surface area (Å²) in [6, 6.07) is 22.9. The summed E-state index contributed by atoms with van der Waals surface area (Å²) >= 11 is 7.07. The van der Waals surface area contributed by atoms with Crippen LogP contribution in [0, 0.1) is 0 Å². The molecule has 6 heteroatoms. The SMILES string of the molecule is COc1cccc(/C=C2/N=C(c3ccccc3Br)N(c3cccc(Br)c3)C2=O)c1. The van der Waals surface area contributed by atoms with Gasteiger partial charge in [-0.25, -0.2) is 4.99 Å². The normalized spacial score (nSPS) is 15.0. The number of hydrogen-bond donors (Lipinski definition) is 0. The van der Waals surface area contributed by atoms with E-state index in [1.54, 1.807) is 18.1 Å². The molecule has 0 bridgehead atoms. The molecule has 0 fully saturated rings. The van der Waals surface area contributed by atoms with Gasteiger partial charge in [-0.15, -0.1) is 0 Å². The van der Waals surface area contributed by atoms with Gasteiger partial charge in [0.25, 0.3) is 5.91 Å². The number of methoxy groups -OCH3 is 1. The lowest BCUT2D eigenvalue weighted by Crippen LogP contribution is -2.32. The minimum absolute atomic E-state index is 0.184. The van der Waals surface area contributed by atoms with Gasteiger partial charge in [-0.2, -0.15) is 0 Å². The molecule has 1 aliphatic heterocycles. The van der Waals surface area contributed by atoms with Crippen LogP contribution in [-0.4, -0.2) is 18.9 Å². The summed E-state index contributed by atoms with van der Waals surface area (Å²) < 4.78 is 7.04. The van der Waals surface area contributed by atoms with E-state index >= 15 is 0 Å². The maximum atomic E-state index is 13.4. The molecule has 0 atom stereocenters. The van der Waals surface area contributed by atoms with E-state index in [0.29, 0.717) is 11.5 Å². The van der Waals surface area contributed by atoms with E-state index in [9.17, 15) is 4.79 Å². The molecule has 4 nitrogen and oxygen atoms in total. The van der Waals surface area contributed by atoms with Crippen molar-refractivity contribution in [2.75, 3.05) is 12.0 Å². The predicted octanol–water partition coefficient (Wildman–Crippen LogP) is 6.05. The van der Waals surface area contributed by atoms with Crippen LogP contribution in [0.5, 0.6) is 5.75 Å². The van der Waals surface area contributed by atoms with Gasteiger partial charge in [-0.05, 0) is 48.0 Å². The Morgan fingerprint density at radius 1 is 0.966 bits per heavy atom. The van der Waals surface area contributed by atoms with Crippen molar-refractivity contribution in [2.24, 2.45) is 4.99 Å². The van der Waals surface area contributed by atoms with Crippen molar-refractivity contribution in [3.8, 4) is 5.75 Å². The molecule has 1 amide bonds. The van der Waals surface area contributed by atoms with Gasteiger partial charge in [0.15, 0.2) is 0 Å². The van der Waals surface area contributed by atoms with Crippen LogP contribution in [0.3, 0.4) is 0 Å². The summed E-state index contributed by atoms with van der Waals surface area (Å²) in [5.74, 6) is 1.12. The third-order valence-electron chi connectivity index (χ3n) is 4.44. The van der Waals surface area contributed by atoms with Crippen molar-refractivity contribution < 1.29 is 9.53 Å². The van der Waals surface area contributed by atoms with Crippen LogP contribution >= 0.6 is 31.9 Å². The number of aliphatic imine (C=N–C) groups is 1. The van der Waals surface area contributed by atoms with Crippen LogP contribution in [0.15, 0.2) is 92.4 Å². The minimum Gasteiger partial charge on any atom is -0.497 e. The first kappa shape index (κ1) is 19.6. The van der Waals surface area contributed by atoms with Crippen molar-refractivity contribution >= 4 is 55.4 Å². The second-order valence-corrected chi connectivity index (χ2v) is 8.11. The number of hydrogen-bond acceptors (Lipinski definition) is 3. The number of ether oxygens (including phenoxy) is 1. The highest BCUT2D eigenvalue weighted by Gasteiger charge is 2.33. The largest absolute Gasteiger partial charge is 0.497 e. The lowest BCUT2D eigenvalue weighted by Gasteiger charge is -2.19. The fraction of sp³-hybridized carbons (Fsp3) is 0.0435. The maximum absolute atomic E-state index is 13.4. The molecule has 0 N–H and O–H groups in total. The summed E-state index contributed by atoms with van der Waals surface area (Å²) in [6.45, 7) is 0. The molecule has 4 rings (SSSR count). The zero-order chi connectivity index (χ0) is 20.4. The van der Waals surface area contributed by atoms with Crippen LogP contribution in [0.2, 0.25) is 0 Å². The Morgan fingerprint density at radius 3 is 2.52 bits per heavy atom. The van der Waals surface area contributed by atoms with Gasteiger partial charge in [0.1, 0.15) is 17.3 Å². The molecule has 3 aromatic carbocycles. The van der Waals surface area contributed by atoms with Crippen LogP contribution in [0.1, 0.15) is 11.1 Å². The number of benzene rings is 3. The lowest BCUT2D eigenvalue weighted by atomic mass is 10.1. The fourth-order valence-electron chi connectivity index (χ4n) is 3.08.